The Hall–Kier alpha value is -1.22. The number of ether oxygens (including phenoxy) is 2. The van der Waals surface area contributed by atoms with Gasteiger partial charge in [-0.1, -0.05) is 12.1 Å². The quantitative estimate of drug-likeness (QED) is 0.780. The van der Waals surface area contributed by atoms with Crippen LogP contribution in [0.25, 0.3) is 0 Å². The Morgan fingerprint density at radius 1 is 1.30 bits per heavy atom. The van der Waals surface area contributed by atoms with E-state index < -0.39 is 6.36 Å². The number of rotatable bonds is 5. The Morgan fingerprint density at radius 2 is 1.96 bits per heavy atom. The normalized spacial score (nSPS) is 24.0. The van der Waals surface area contributed by atoms with Crippen molar-refractivity contribution in [2.24, 2.45) is 5.92 Å². The number of nitrogens with one attached hydrogen (secondary N) is 1. The van der Waals surface area contributed by atoms with Crippen molar-refractivity contribution in [3.63, 3.8) is 0 Å². The molecule has 0 aliphatic carbocycles. The molecule has 2 saturated heterocycles. The van der Waals surface area contributed by atoms with E-state index in [1.807, 2.05) is 4.90 Å². The summed E-state index contributed by atoms with van der Waals surface area (Å²) in [4.78, 5) is 14.3. The summed E-state index contributed by atoms with van der Waals surface area (Å²) in [6.07, 6.45) is -3.90. The average molecular weight is 431 g/mol. The van der Waals surface area contributed by atoms with E-state index in [4.69, 9.17) is 4.74 Å². The summed E-state index contributed by atoms with van der Waals surface area (Å²) >= 11 is 0. The Balaban J connectivity index is 0.00000182. The van der Waals surface area contributed by atoms with E-state index in [2.05, 4.69) is 10.1 Å². The lowest BCUT2D eigenvalue weighted by Crippen LogP contribution is -2.42. The van der Waals surface area contributed by atoms with Crippen LogP contribution in [0.3, 0.4) is 0 Å². The van der Waals surface area contributed by atoms with Crippen molar-refractivity contribution in [2.45, 2.75) is 24.8 Å². The number of carbonyl (C=O) groups is 1. The highest BCUT2D eigenvalue weighted by Gasteiger charge is 2.51. The van der Waals surface area contributed by atoms with Gasteiger partial charge in [-0.2, -0.15) is 0 Å². The topological polar surface area (TPSA) is 50.8 Å². The van der Waals surface area contributed by atoms with Crippen LogP contribution < -0.4 is 10.1 Å². The predicted octanol–water partition coefficient (Wildman–Crippen LogP) is 2.81. The third-order valence-corrected chi connectivity index (χ3v) is 5.00. The molecule has 27 heavy (non-hydrogen) atoms. The zero-order chi connectivity index (χ0) is 18.1. The molecule has 2 aliphatic heterocycles. The Bertz CT molecular complexity index is 631. The van der Waals surface area contributed by atoms with Crippen LogP contribution in [-0.4, -0.2) is 56.1 Å². The largest absolute Gasteiger partial charge is 0.573 e. The maximum Gasteiger partial charge on any atom is 0.573 e. The van der Waals surface area contributed by atoms with Crippen LogP contribution in [0.5, 0.6) is 5.75 Å². The second-order valence-corrected chi connectivity index (χ2v) is 6.56. The van der Waals surface area contributed by atoms with Gasteiger partial charge >= 0.3 is 6.36 Å². The number of benzene rings is 1. The van der Waals surface area contributed by atoms with Crippen molar-refractivity contribution >= 4 is 30.7 Å². The molecule has 0 unspecified atom stereocenters. The molecule has 2 atom stereocenters. The fraction of sp³-hybridized carbons (Fsp3) is 0.588. The first-order valence-corrected chi connectivity index (χ1v) is 8.20. The van der Waals surface area contributed by atoms with Crippen LogP contribution in [0.4, 0.5) is 13.2 Å². The molecule has 0 spiro atoms. The number of hydrogen-bond donors (Lipinski definition) is 1. The number of methoxy groups -OCH3 is 1. The summed E-state index contributed by atoms with van der Waals surface area (Å²) in [6.45, 7) is 2.85. The number of hydrogen-bond acceptors (Lipinski definition) is 4. The number of fused-ring (bicyclic) bond motifs is 1. The zero-order valence-electron chi connectivity index (χ0n) is 14.8. The monoisotopic (exact) mass is 430 g/mol. The second kappa shape index (κ2) is 9.32. The Labute approximate surface area is 168 Å². The Kier molecular flexibility index (Phi) is 8.22. The van der Waals surface area contributed by atoms with Gasteiger partial charge in [0, 0.05) is 39.1 Å². The van der Waals surface area contributed by atoms with Crippen molar-refractivity contribution < 1.29 is 27.4 Å². The summed E-state index contributed by atoms with van der Waals surface area (Å²) in [5, 5.41) is 3.30. The smallest absolute Gasteiger partial charge is 0.406 e. The van der Waals surface area contributed by atoms with Gasteiger partial charge in [0.2, 0.25) is 5.91 Å². The fourth-order valence-corrected chi connectivity index (χ4v) is 3.62. The van der Waals surface area contributed by atoms with Crippen LogP contribution >= 0.6 is 24.8 Å². The fourth-order valence-electron chi connectivity index (χ4n) is 3.62. The van der Waals surface area contributed by atoms with Gasteiger partial charge in [0.15, 0.2) is 0 Å². The van der Waals surface area contributed by atoms with Gasteiger partial charge in [0.1, 0.15) is 11.4 Å². The van der Waals surface area contributed by atoms with E-state index in [-0.39, 0.29) is 42.1 Å². The van der Waals surface area contributed by atoms with Gasteiger partial charge < -0.3 is 19.7 Å². The minimum absolute atomic E-state index is 0. The summed E-state index contributed by atoms with van der Waals surface area (Å²) in [6, 6.07) is 5.62. The lowest BCUT2D eigenvalue weighted by molar-refractivity contribution is -0.274. The van der Waals surface area contributed by atoms with Crippen molar-refractivity contribution in [1.29, 1.82) is 0 Å². The molecule has 0 radical (unpaired) electrons. The minimum Gasteiger partial charge on any atom is -0.406 e. The summed E-state index contributed by atoms with van der Waals surface area (Å²) in [5.74, 6) is 0.0891. The van der Waals surface area contributed by atoms with Crippen LogP contribution in [-0.2, 0) is 16.0 Å². The highest BCUT2D eigenvalue weighted by atomic mass is 35.5. The van der Waals surface area contributed by atoms with Crippen LogP contribution in [0.15, 0.2) is 24.3 Å². The number of halogens is 5. The molecule has 1 N–H and O–H groups in total. The van der Waals surface area contributed by atoms with Crippen LogP contribution in [0.1, 0.15) is 12.0 Å². The highest BCUT2D eigenvalue weighted by Crippen LogP contribution is 2.34. The number of likely N-dealkylation sites (tertiary alicyclic amines) is 1. The molecule has 0 aromatic heterocycles. The lowest BCUT2D eigenvalue weighted by atomic mass is 9.95. The first-order valence-electron chi connectivity index (χ1n) is 8.20. The molecular weight excluding hydrogens is 408 g/mol. The first-order chi connectivity index (χ1) is 11.8. The molecule has 10 heteroatoms. The standard InChI is InChI=1S/C17H21F3N2O3.2ClH/c1-24-16-10-21-8-13(16)9-22(11-16)15(23)7-4-12-2-5-14(6-3-12)25-17(18,19)20;;/h2-3,5-6,13,21H,4,7-11H2,1H3;2*1H/t13-,16+;;/m0../s1. The van der Waals surface area contributed by atoms with E-state index in [1.54, 1.807) is 19.2 Å². The third kappa shape index (κ3) is 5.63. The molecule has 1 amide bonds. The van der Waals surface area contributed by atoms with E-state index in [0.717, 1.165) is 18.7 Å². The molecule has 1 aromatic carbocycles. The van der Waals surface area contributed by atoms with Crippen molar-refractivity contribution in [2.75, 3.05) is 33.3 Å². The van der Waals surface area contributed by atoms with E-state index in [1.165, 1.54) is 12.1 Å². The predicted molar refractivity (Wildman–Crippen MR) is 98.6 cm³/mol. The maximum absolute atomic E-state index is 12.4. The van der Waals surface area contributed by atoms with Gasteiger partial charge in [0.25, 0.3) is 0 Å². The molecule has 0 saturated carbocycles. The highest BCUT2D eigenvalue weighted by molar-refractivity contribution is 5.85. The molecule has 1 aromatic rings. The van der Waals surface area contributed by atoms with Crippen molar-refractivity contribution in [3.8, 4) is 5.75 Å². The van der Waals surface area contributed by atoms with Gasteiger partial charge in [0.05, 0.1) is 6.54 Å². The van der Waals surface area contributed by atoms with Gasteiger partial charge in [-0.3, -0.25) is 4.79 Å². The molecule has 154 valence electrons. The molecule has 3 rings (SSSR count). The minimum atomic E-state index is -4.70. The molecular formula is C17H23Cl2F3N2O3. The number of amides is 1. The van der Waals surface area contributed by atoms with Gasteiger partial charge in [-0.25, -0.2) is 0 Å². The summed E-state index contributed by atoms with van der Waals surface area (Å²) in [7, 11) is 1.68. The van der Waals surface area contributed by atoms with Crippen molar-refractivity contribution in [1.82, 2.24) is 10.2 Å². The summed E-state index contributed by atoms with van der Waals surface area (Å²) in [5.41, 5.74) is 0.511. The van der Waals surface area contributed by atoms with Crippen molar-refractivity contribution in [3.05, 3.63) is 29.8 Å². The lowest BCUT2D eigenvalue weighted by Gasteiger charge is -2.26. The molecule has 0 bridgehead atoms. The number of alkyl halides is 3. The molecule has 5 nitrogen and oxygen atoms in total. The number of aryl methyl sites for hydroxylation is 1. The summed E-state index contributed by atoms with van der Waals surface area (Å²) < 4.78 is 45.9. The van der Waals surface area contributed by atoms with Gasteiger partial charge in [-0.05, 0) is 24.1 Å². The van der Waals surface area contributed by atoms with E-state index >= 15 is 0 Å². The maximum atomic E-state index is 12.4. The first kappa shape index (κ1) is 23.8. The SMILES string of the molecule is CO[C@@]12CNC[C@H]1CN(C(=O)CCc1ccc(OC(F)(F)F)cc1)C2.Cl.Cl. The molecule has 2 aliphatic rings. The molecule has 2 heterocycles. The Morgan fingerprint density at radius 3 is 2.52 bits per heavy atom. The third-order valence-electron chi connectivity index (χ3n) is 5.00. The average Bonchev–Trinajstić information content (AvgIpc) is 3.10. The molecule has 2 fully saturated rings. The second-order valence-electron chi connectivity index (χ2n) is 6.56. The van der Waals surface area contributed by atoms with E-state index in [9.17, 15) is 18.0 Å². The van der Waals surface area contributed by atoms with Crippen LogP contribution in [0, 0.1) is 5.92 Å². The number of nitrogens with zero attached hydrogens (tertiary/aromatic N) is 1. The zero-order valence-corrected chi connectivity index (χ0v) is 16.4. The van der Waals surface area contributed by atoms with Gasteiger partial charge in [-0.15, -0.1) is 38.0 Å². The number of carbonyl (C=O) groups excluding carboxylic acids is 1. The van der Waals surface area contributed by atoms with E-state index in [0.29, 0.717) is 31.8 Å². The van der Waals surface area contributed by atoms with Crippen LogP contribution in [0.2, 0.25) is 0 Å².